The molecule has 3 heteroatoms. The molecule has 0 saturated carbocycles. The molecule has 0 radical (unpaired) electrons. The van der Waals surface area contributed by atoms with Crippen LogP contribution in [0.4, 0.5) is 0 Å². The zero-order valence-electron chi connectivity index (χ0n) is 13.0. The molecule has 0 aliphatic heterocycles. The van der Waals surface area contributed by atoms with Crippen molar-refractivity contribution in [1.29, 1.82) is 0 Å². The number of carbonyl (C=O) groups excluding carboxylic acids is 1. The fraction of sp³-hybridized carbons (Fsp3) is 0.150. The average Bonchev–Trinajstić information content (AvgIpc) is 3.10. The normalized spacial score (nSPS) is 11.9. The third-order valence-electron chi connectivity index (χ3n) is 3.75. The first-order chi connectivity index (χ1) is 11.2. The van der Waals surface area contributed by atoms with Crippen LogP contribution in [0.25, 0.3) is 0 Å². The van der Waals surface area contributed by atoms with E-state index in [9.17, 15) is 4.79 Å². The van der Waals surface area contributed by atoms with E-state index in [1.54, 1.807) is 6.26 Å². The third kappa shape index (κ3) is 3.89. The highest BCUT2D eigenvalue weighted by atomic mass is 16.3. The van der Waals surface area contributed by atoms with Gasteiger partial charge in [-0.15, -0.1) is 0 Å². The van der Waals surface area contributed by atoms with Gasteiger partial charge in [0.2, 0.25) is 5.91 Å². The van der Waals surface area contributed by atoms with Crippen molar-refractivity contribution in [1.82, 2.24) is 5.32 Å². The quantitative estimate of drug-likeness (QED) is 0.773. The molecule has 3 aromatic rings. The summed E-state index contributed by atoms with van der Waals surface area (Å²) in [6.45, 7) is 2.03. The lowest BCUT2D eigenvalue weighted by Gasteiger charge is -2.17. The molecular formula is C20H19NO2. The fourth-order valence-electron chi connectivity index (χ4n) is 2.52. The van der Waals surface area contributed by atoms with Gasteiger partial charge in [0.1, 0.15) is 11.8 Å². The molecule has 0 spiro atoms. The summed E-state index contributed by atoms with van der Waals surface area (Å²) in [7, 11) is 0. The Morgan fingerprint density at radius 2 is 1.74 bits per heavy atom. The van der Waals surface area contributed by atoms with Gasteiger partial charge >= 0.3 is 0 Å². The lowest BCUT2D eigenvalue weighted by Crippen LogP contribution is -2.30. The van der Waals surface area contributed by atoms with Crippen LogP contribution in [0.5, 0.6) is 0 Å². The summed E-state index contributed by atoms with van der Waals surface area (Å²) in [4.78, 5) is 12.4. The maximum atomic E-state index is 12.4. The predicted molar refractivity (Wildman–Crippen MR) is 90.0 cm³/mol. The van der Waals surface area contributed by atoms with Crippen LogP contribution in [0, 0.1) is 6.92 Å². The minimum atomic E-state index is -0.274. The van der Waals surface area contributed by atoms with Gasteiger partial charge in [0.15, 0.2) is 0 Å². The molecule has 23 heavy (non-hydrogen) atoms. The second kappa shape index (κ2) is 6.97. The average molecular weight is 305 g/mol. The van der Waals surface area contributed by atoms with Gasteiger partial charge in [0.25, 0.3) is 0 Å². The molecule has 3 rings (SSSR count). The van der Waals surface area contributed by atoms with Crippen molar-refractivity contribution in [3.8, 4) is 0 Å². The van der Waals surface area contributed by atoms with Crippen molar-refractivity contribution in [2.24, 2.45) is 0 Å². The molecule has 0 aliphatic carbocycles. The Morgan fingerprint density at radius 3 is 2.39 bits per heavy atom. The Morgan fingerprint density at radius 1 is 1.00 bits per heavy atom. The Labute approximate surface area is 136 Å². The smallest absolute Gasteiger partial charge is 0.225 e. The number of furan rings is 1. The van der Waals surface area contributed by atoms with Crippen LogP contribution >= 0.6 is 0 Å². The topological polar surface area (TPSA) is 42.2 Å². The molecule has 1 N–H and O–H groups in total. The van der Waals surface area contributed by atoms with Gasteiger partial charge in [0.05, 0.1) is 12.7 Å². The standard InChI is InChI=1S/C20H19NO2/c1-15-9-11-16(12-10-15)14-19(22)21-20(18-8-5-13-23-18)17-6-3-2-4-7-17/h2-13,20H,14H2,1H3,(H,21,22). The van der Waals surface area contributed by atoms with Crippen LogP contribution in [0.2, 0.25) is 0 Å². The molecule has 1 heterocycles. The maximum Gasteiger partial charge on any atom is 0.225 e. The fourth-order valence-corrected chi connectivity index (χ4v) is 2.52. The second-order valence-electron chi connectivity index (χ2n) is 5.59. The van der Waals surface area contributed by atoms with E-state index in [0.717, 1.165) is 16.9 Å². The van der Waals surface area contributed by atoms with Crippen molar-refractivity contribution in [3.63, 3.8) is 0 Å². The first kappa shape index (κ1) is 15.1. The van der Waals surface area contributed by atoms with Crippen LogP contribution in [0.1, 0.15) is 28.5 Å². The largest absolute Gasteiger partial charge is 0.467 e. The molecule has 116 valence electrons. The number of benzene rings is 2. The van der Waals surface area contributed by atoms with Gasteiger partial charge in [-0.1, -0.05) is 60.2 Å². The van der Waals surface area contributed by atoms with Crippen LogP contribution in [0.15, 0.2) is 77.4 Å². The van der Waals surface area contributed by atoms with Crippen molar-refractivity contribution >= 4 is 5.91 Å². The Hall–Kier alpha value is -2.81. The van der Waals surface area contributed by atoms with E-state index in [-0.39, 0.29) is 11.9 Å². The van der Waals surface area contributed by atoms with Gasteiger partial charge in [0, 0.05) is 0 Å². The lowest BCUT2D eigenvalue weighted by molar-refractivity contribution is -0.121. The molecule has 1 unspecified atom stereocenters. The van der Waals surface area contributed by atoms with E-state index in [4.69, 9.17) is 4.42 Å². The molecule has 1 aromatic heterocycles. The highest BCUT2D eigenvalue weighted by molar-refractivity contribution is 5.79. The number of rotatable bonds is 5. The van der Waals surface area contributed by atoms with Gasteiger partial charge in [-0.3, -0.25) is 4.79 Å². The predicted octanol–water partition coefficient (Wildman–Crippen LogP) is 4.04. The van der Waals surface area contributed by atoms with E-state index in [1.807, 2.05) is 73.7 Å². The number of amides is 1. The monoisotopic (exact) mass is 305 g/mol. The Kier molecular flexibility index (Phi) is 4.57. The highest BCUT2D eigenvalue weighted by Crippen LogP contribution is 2.22. The summed E-state index contributed by atoms with van der Waals surface area (Å²) in [5.41, 5.74) is 3.19. The maximum absolute atomic E-state index is 12.4. The number of hydrogen-bond donors (Lipinski definition) is 1. The van der Waals surface area contributed by atoms with Crippen LogP contribution in [-0.2, 0) is 11.2 Å². The van der Waals surface area contributed by atoms with E-state index in [1.165, 1.54) is 5.56 Å². The zero-order chi connectivity index (χ0) is 16.1. The molecule has 0 fully saturated rings. The van der Waals surface area contributed by atoms with Gasteiger partial charge < -0.3 is 9.73 Å². The SMILES string of the molecule is Cc1ccc(CC(=O)NC(c2ccccc2)c2ccco2)cc1. The van der Waals surface area contributed by atoms with Crippen LogP contribution in [-0.4, -0.2) is 5.91 Å². The molecular weight excluding hydrogens is 286 g/mol. The summed E-state index contributed by atoms with van der Waals surface area (Å²) in [5.74, 6) is 0.701. The Bertz CT molecular complexity index is 746. The summed E-state index contributed by atoms with van der Waals surface area (Å²) >= 11 is 0. The number of nitrogens with one attached hydrogen (secondary N) is 1. The van der Waals surface area contributed by atoms with Crippen LogP contribution < -0.4 is 5.32 Å². The van der Waals surface area contributed by atoms with E-state index < -0.39 is 0 Å². The lowest BCUT2D eigenvalue weighted by atomic mass is 10.0. The minimum absolute atomic E-state index is 0.0286. The van der Waals surface area contributed by atoms with Crippen LogP contribution in [0.3, 0.4) is 0 Å². The van der Waals surface area contributed by atoms with Gasteiger partial charge in [-0.2, -0.15) is 0 Å². The molecule has 0 saturated heterocycles. The second-order valence-corrected chi connectivity index (χ2v) is 5.59. The molecule has 0 bridgehead atoms. The summed E-state index contributed by atoms with van der Waals surface area (Å²) in [5, 5.41) is 3.07. The van der Waals surface area contributed by atoms with E-state index in [0.29, 0.717) is 6.42 Å². The van der Waals surface area contributed by atoms with Crippen molar-refractivity contribution < 1.29 is 9.21 Å². The molecule has 1 atom stereocenters. The number of carbonyl (C=O) groups is 1. The molecule has 3 nitrogen and oxygen atoms in total. The summed E-state index contributed by atoms with van der Waals surface area (Å²) in [6, 6.07) is 21.3. The van der Waals surface area contributed by atoms with E-state index in [2.05, 4.69) is 5.32 Å². The van der Waals surface area contributed by atoms with Gasteiger partial charge in [-0.25, -0.2) is 0 Å². The zero-order valence-corrected chi connectivity index (χ0v) is 13.0. The molecule has 0 aliphatic rings. The van der Waals surface area contributed by atoms with E-state index >= 15 is 0 Å². The summed E-state index contributed by atoms with van der Waals surface area (Å²) < 4.78 is 5.50. The van der Waals surface area contributed by atoms with Crippen molar-refractivity contribution in [2.75, 3.05) is 0 Å². The highest BCUT2D eigenvalue weighted by Gasteiger charge is 2.19. The van der Waals surface area contributed by atoms with Gasteiger partial charge in [-0.05, 0) is 30.2 Å². The van der Waals surface area contributed by atoms with Crippen molar-refractivity contribution in [2.45, 2.75) is 19.4 Å². The molecule has 1 amide bonds. The Balaban J connectivity index is 1.76. The number of aryl methyl sites for hydroxylation is 1. The van der Waals surface area contributed by atoms with Crippen molar-refractivity contribution in [3.05, 3.63) is 95.4 Å². The number of hydrogen-bond acceptors (Lipinski definition) is 2. The molecule has 2 aromatic carbocycles. The first-order valence-electron chi connectivity index (χ1n) is 7.65. The third-order valence-corrected chi connectivity index (χ3v) is 3.75. The first-order valence-corrected chi connectivity index (χ1v) is 7.65. The summed E-state index contributed by atoms with van der Waals surface area (Å²) in [6.07, 6.45) is 1.97. The minimum Gasteiger partial charge on any atom is -0.467 e.